The molecule has 0 fully saturated rings. The minimum atomic E-state index is -0.261. The van der Waals surface area contributed by atoms with Gasteiger partial charge in [-0.15, -0.1) is 24.0 Å². The fourth-order valence-corrected chi connectivity index (χ4v) is 1.93. The molecule has 1 rings (SSSR count). The molecule has 2 N–H and O–H groups in total. The maximum atomic E-state index is 12.8. The van der Waals surface area contributed by atoms with E-state index in [1.165, 1.54) is 12.1 Å². The molecule has 0 aliphatic heterocycles. The summed E-state index contributed by atoms with van der Waals surface area (Å²) < 4.78 is 18.4. The molecule has 0 aromatic heterocycles. The molecule has 0 atom stereocenters. The highest BCUT2D eigenvalue weighted by Gasteiger charge is 2.09. The second-order valence-electron chi connectivity index (χ2n) is 6.37. The molecule has 0 saturated heterocycles. The van der Waals surface area contributed by atoms with Gasteiger partial charge in [0.25, 0.3) is 0 Å². The predicted molar refractivity (Wildman–Crippen MR) is 109 cm³/mol. The van der Waals surface area contributed by atoms with Gasteiger partial charge in [-0.1, -0.05) is 0 Å². The molecule has 138 valence electrons. The van der Waals surface area contributed by atoms with Gasteiger partial charge >= 0.3 is 0 Å². The van der Waals surface area contributed by atoms with Crippen LogP contribution in [-0.4, -0.2) is 56.7 Å². The minimum absolute atomic E-state index is 0. The number of hydrogen-bond donors (Lipinski definition) is 2. The average molecular weight is 452 g/mol. The Kier molecular flexibility index (Phi) is 10.9. The summed E-state index contributed by atoms with van der Waals surface area (Å²) in [6.45, 7) is 9.27. The van der Waals surface area contributed by atoms with Gasteiger partial charge < -0.3 is 20.3 Å². The maximum Gasteiger partial charge on any atom is 0.193 e. The van der Waals surface area contributed by atoms with Crippen molar-refractivity contribution in [3.8, 4) is 5.75 Å². The van der Waals surface area contributed by atoms with E-state index < -0.39 is 0 Å². The molecular formula is C17H30FIN4O. The molecule has 0 unspecified atom stereocenters. The zero-order valence-electron chi connectivity index (χ0n) is 15.2. The van der Waals surface area contributed by atoms with Crippen molar-refractivity contribution in [2.45, 2.75) is 26.3 Å². The molecule has 1 aromatic rings. The highest BCUT2D eigenvalue weighted by atomic mass is 127. The fraction of sp³-hybridized carbons (Fsp3) is 0.588. The van der Waals surface area contributed by atoms with Gasteiger partial charge in [0.2, 0.25) is 0 Å². The van der Waals surface area contributed by atoms with Crippen molar-refractivity contribution in [3.63, 3.8) is 0 Å². The summed E-state index contributed by atoms with van der Waals surface area (Å²) in [5.74, 6) is 1.23. The summed E-state index contributed by atoms with van der Waals surface area (Å²) in [7, 11) is 3.72. The van der Waals surface area contributed by atoms with Crippen LogP contribution in [0.2, 0.25) is 0 Å². The van der Waals surface area contributed by atoms with Crippen molar-refractivity contribution in [2.24, 2.45) is 4.99 Å². The fourth-order valence-electron chi connectivity index (χ4n) is 1.93. The Morgan fingerprint density at radius 1 is 1.21 bits per heavy atom. The third-order valence-electron chi connectivity index (χ3n) is 3.15. The van der Waals surface area contributed by atoms with Crippen molar-refractivity contribution < 1.29 is 9.13 Å². The van der Waals surface area contributed by atoms with E-state index in [0.717, 1.165) is 19.0 Å². The average Bonchev–Trinajstić information content (AvgIpc) is 2.48. The van der Waals surface area contributed by atoms with Gasteiger partial charge in [-0.05, 0) is 45.0 Å². The number of likely N-dealkylation sites (N-methyl/N-ethyl adjacent to an activating group) is 1. The first-order valence-corrected chi connectivity index (χ1v) is 7.87. The second kappa shape index (κ2) is 11.5. The summed E-state index contributed by atoms with van der Waals surface area (Å²) in [5, 5.41) is 6.72. The first kappa shape index (κ1) is 22.9. The van der Waals surface area contributed by atoms with Crippen molar-refractivity contribution in [2.75, 3.05) is 40.3 Å². The number of guanidine groups is 1. The number of aliphatic imine (C=N–C) groups is 1. The van der Waals surface area contributed by atoms with Crippen LogP contribution in [0.5, 0.6) is 5.75 Å². The van der Waals surface area contributed by atoms with E-state index in [-0.39, 0.29) is 35.3 Å². The number of nitrogens with zero attached hydrogens (tertiary/aromatic N) is 2. The summed E-state index contributed by atoms with van der Waals surface area (Å²) in [6.07, 6.45) is 0. The molecule has 0 aliphatic rings. The summed E-state index contributed by atoms with van der Waals surface area (Å²) in [5.41, 5.74) is 0.111. The lowest BCUT2D eigenvalue weighted by Crippen LogP contribution is -2.45. The molecule has 24 heavy (non-hydrogen) atoms. The molecule has 0 radical (unpaired) electrons. The summed E-state index contributed by atoms with van der Waals surface area (Å²) >= 11 is 0. The zero-order valence-corrected chi connectivity index (χ0v) is 17.6. The Hall–Kier alpha value is -1.09. The van der Waals surface area contributed by atoms with Crippen LogP contribution < -0.4 is 15.4 Å². The molecule has 0 aliphatic carbocycles. The monoisotopic (exact) mass is 452 g/mol. The number of benzene rings is 1. The lowest BCUT2D eigenvalue weighted by Gasteiger charge is -2.24. The van der Waals surface area contributed by atoms with Crippen LogP contribution in [0.25, 0.3) is 0 Å². The topological polar surface area (TPSA) is 48.9 Å². The van der Waals surface area contributed by atoms with Crippen molar-refractivity contribution in [1.29, 1.82) is 0 Å². The Morgan fingerprint density at radius 3 is 2.38 bits per heavy atom. The van der Waals surface area contributed by atoms with E-state index in [9.17, 15) is 4.39 Å². The van der Waals surface area contributed by atoms with E-state index in [0.29, 0.717) is 18.9 Å². The van der Waals surface area contributed by atoms with E-state index in [2.05, 4.69) is 36.4 Å². The van der Waals surface area contributed by atoms with Crippen LogP contribution >= 0.6 is 24.0 Å². The first-order valence-electron chi connectivity index (χ1n) is 7.87. The van der Waals surface area contributed by atoms with Gasteiger partial charge in [0.15, 0.2) is 5.96 Å². The third-order valence-corrected chi connectivity index (χ3v) is 3.15. The number of hydrogen-bond acceptors (Lipinski definition) is 3. The Balaban J connectivity index is 0.00000529. The normalized spacial score (nSPS) is 11.7. The van der Waals surface area contributed by atoms with Crippen LogP contribution in [0.15, 0.2) is 29.3 Å². The summed E-state index contributed by atoms with van der Waals surface area (Å²) in [6, 6.07) is 6.03. The zero-order chi connectivity index (χ0) is 17.3. The van der Waals surface area contributed by atoms with Gasteiger partial charge in [-0.25, -0.2) is 4.39 Å². The number of nitrogens with one attached hydrogen (secondary N) is 2. The molecule has 1 aromatic carbocycles. The molecule has 0 saturated carbocycles. The van der Waals surface area contributed by atoms with Gasteiger partial charge in [0, 0.05) is 32.7 Å². The number of halogens is 2. The largest absolute Gasteiger partial charge is 0.492 e. The van der Waals surface area contributed by atoms with Crippen molar-refractivity contribution in [1.82, 2.24) is 15.5 Å². The van der Waals surface area contributed by atoms with Crippen LogP contribution in [0.3, 0.4) is 0 Å². The SMILES string of the molecule is CN=C(NCCNC(C)(C)C)N(C)CCOc1ccc(F)cc1.I. The Bertz CT molecular complexity index is 488. The van der Waals surface area contributed by atoms with Crippen LogP contribution in [0.1, 0.15) is 20.8 Å². The lowest BCUT2D eigenvalue weighted by atomic mass is 10.1. The van der Waals surface area contributed by atoms with Crippen LogP contribution in [-0.2, 0) is 0 Å². The van der Waals surface area contributed by atoms with Gasteiger partial charge in [0.1, 0.15) is 18.2 Å². The van der Waals surface area contributed by atoms with E-state index in [4.69, 9.17) is 4.74 Å². The molecule has 0 amide bonds. The second-order valence-corrected chi connectivity index (χ2v) is 6.37. The van der Waals surface area contributed by atoms with Gasteiger partial charge in [0.05, 0.1) is 6.54 Å². The van der Waals surface area contributed by atoms with E-state index in [1.807, 2.05) is 11.9 Å². The smallest absolute Gasteiger partial charge is 0.193 e. The van der Waals surface area contributed by atoms with Crippen LogP contribution in [0.4, 0.5) is 4.39 Å². The number of rotatable bonds is 7. The van der Waals surface area contributed by atoms with E-state index in [1.54, 1.807) is 19.2 Å². The first-order chi connectivity index (χ1) is 10.8. The predicted octanol–water partition coefficient (Wildman–Crippen LogP) is 2.72. The highest BCUT2D eigenvalue weighted by molar-refractivity contribution is 14.0. The lowest BCUT2D eigenvalue weighted by molar-refractivity contribution is 0.281. The Morgan fingerprint density at radius 2 is 1.83 bits per heavy atom. The molecular weight excluding hydrogens is 422 g/mol. The molecule has 0 spiro atoms. The van der Waals surface area contributed by atoms with Gasteiger partial charge in [-0.3, -0.25) is 4.99 Å². The summed E-state index contributed by atoms with van der Waals surface area (Å²) in [4.78, 5) is 6.26. The standard InChI is InChI=1S/C17H29FN4O.HI/c1-17(2,3)21-11-10-20-16(19-4)22(5)12-13-23-15-8-6-14(18)7-9-15;/h6-9,21H,10-13H2,1-5H3,(H,19,20);1H. The minimum Gasteiger partial charge on any atom is -0.492 e. The maximum absolute atomic E-state index is 12.8. The highest BCUT2D eigenvalue weighted by Crippen LogP contribution is 2.10. The number of ether oxygens (including phenoxy) is 1. The Labute approximate surface area is 162 Å². The van der Waals surface area contributed by atoms with Crippen LogP contribution in [0, 0.1) is 5.82 Å². The molecule has 0 heterocycles. The third kappa shape index (κ3) is 9.92. The molecule has 5 nitrogen and oxygen atoms in total. The molecule has 7 heteroatoms. The van der Waals surface area contributed by atoms with Crippen molar-refractivity contribution >= 4 is 29.9 Å². The van der Waals surface area contributed by atoms with Gasteiger partial charge in [-0.2, -0.15) is 0 Å². The molecule has 0 bridgehead atoms. The van der Waals surface area contributed by atoms with E-state index >= 15 is 0 Å². The quantitative estimate of drug-likeness (QED) is 0.289. The van der Waals surface area contributed by atoms with Crippen molar-refractivity contribution in [3.05, 3.63) is 30.1 Å².